The van der Waals surface area contributed by atoms with Gasteiger partial charge in [0, 0.05) is 19.7 Å². The maximum Gasteiger partial charge on any atom is 0.338 e. The van der Waals surface area contributed by atoms with Gasteiger partial charge < -0.3 is 20.1 Å². The number of rotatable bonds is 8. The van der Waals surface area contributed by atoms with Gasteiger partial charge >= 0.3 is 5.97 Å². The molecule has 0 aromatic heterocycles. The first-order valence-electron chi connectivity index (χ1n) is 7.37. The Labute approximate surface area is 127 Å². The standard InChI is InChI=1S/C16H26N2O3/c1-5-12(3)18(9-10-20-4)15-11-13(7-8-14(15)17)16(19)21-6-2/h7-8,11-12H,5-6,9-10,17H2,1-4H3. The van der Waals surface area contributed by atoms with Gasteiger partial charge in [0.05, 0.1) is 30.2 Å². The number of carbonyl (C=O) groups is 1. The second-order valence-corrected chi connectivity index (χ2v) is 4.94. The van der Waals surface area contributed by atoms with Gasteiger partial charge in [-0.3, -0.25) is 0 Å². The lowest BCUT2D eigenvalue weighted by atomic mass is 10.1. The lowest BCUT2D eigenvalue weighted by Crippen LogP contribution is -2.36. The van der Waals surface area contributed by atoms with Crippen molar-refractivity contribution in [1.82, 2.24) is 0 Å². The monoisotopic (exact) mass is 294 g/mol. The highest BCUT2D eigenvalue weighted by Crippen LogP contribution is 2.27. The van der Waals surface area contributed by atoms with Crippen molar-refractivity contribution < 1.29 is 14.3 Å². The topological polar surface area (TPSA) is 64.8 Å². The summed E-state index contributed by atoms with van der Waals surface area (Å²) in [6.45, 7) is 7.73. The molecule has 1 atom stereocenters. The molecule has 1 unspecified atom stereocenters. The van der Waals surface area contributed by atoms with E-state index in [4.69, 9.17) is 15.2 Å². The molecule has 1 rings (SSSR count). The van der Waals surface area contributed by atoms with Crippen molar-refractivity contribution in [2.75, 3.05) is 37.5 Å². The third kappa shape index (κ3) is 4.63. The van der Waals surface area contributed by atoms with Crippen molar-refractivity contribution in [2.24, 2.45) is 0 Å². The molecule has 118 valence electrons. The maximum atomic E-state index is 11.9. The average molecular weight is 294 g/mol. The van der Waals surface area contributed by atoms with Crippen LogP contribution in [0.5, 0.6) is 0 Å². The van der Waals surface area contributed by atoms with E-state index >= 15 is 0 Å². The molecule has 0 fully saturated rings. The van der Waals surface area contributed by atoms with Crippen LogP contribution in [0.2, 0.25) is 0 Å². The Kier molecular flexibility index (Phi) is 7.02. The number of nitrogens with zero attached hydrogens (tertiary/aromatic N) is 1. The Balaban J connectivity index is 3.10. The Bertz CT molecular complexity index is 463. The lowest BCUT2D eigenvalue weighted by Gasteiger charge is -2.31. The van der Waals surface area contributed by atoms with Crippen LogP contribution in [-0.4, -0.2) is 38.9 Å². The van der Waals surface area contributed by atoms with Crippen molar-refractivity contribution in [1.29, 1.82) is 0 Å². The van der Waals surface area contributed by atoms with E-state index in [0.717, 1.165) is 18.7 Å². The molecule has 1 aromatic carbocycles. The molecule has 0 heterocycles. The summed E-state index contributed by atoms with van der Waals surface area (Å²) in [6, 6.07) is 5.56. The minimum absolute atomic E-state index is 0.305. The van der Waals surface area contributed by atoms with Crippen molar-refractivity contribution in [3.63, 3.8) is 0 Å². The molecule has 0 amide bonds. The summed E-state index contributed by atoms with van der Waals surface area (Å²) in [5.41, 5.74) is 8.12. The normalized spacial score (nSPS) is 12.0. The van der Waals surface area contributed by atoms with Gasteiger partial charge in [-0.1, -0.05) is 6.92 Å². The number of esters is 1. The molecule has 0 radical (unpaired) electrons. The van der Waals surface area contributed by atoms with Crippen LogP contribution in [0, 0.1) is 0 Å². The van der Waals surface area contributed by atoms with E-state index in [1.54, 1.807) is 32.2 Å². The van der Waals surface area contributed by atoms with Gasteiger partial charge in [0.1, 0.15) is 0 Å². The highest BCUT2D eigenvalue weighted by atomic mass is 16.5. The zero-order valence-corrected chi connectivity index (χ0v) is 13.4. The van der Waals surface area contributed by atoms with E-state index in [2.05, 4.69) is 18.7 Å². The van der Waals surface area contributed by atoms with Crippen molar-refractivity contribution in [2.45, 2.75) is 33.2 Å². The average Bonchev–Trinajstić information content (AvgIpc) is 2.49. The Morgan fingerprint density at radius 3 is 2.67 bits per heavy atom. The minimum atomic E-state index is -0.324. The first-order chi connectivity index (χ1) is 10.0. The van der Waals surface area contributed by atoms with Gasteiger partial charge in [0.15, 0.2) is 0 Å². The van der Waals surface area contributed by atoms with Crippen LogP contribution < -0.4 is 10.6 Å². The van der Waals surface area contributed by atoms with Gasteiger partial charge in [0.2, 0.25) is 0 Å². The molecule has 0 aliphatic rings. The van der Waals surface area contributed by atoms with Gasteiger partial charge in [-0.05, 0) is 38.5 Å². The molecular formula is C16H26N2O3. The van der Waals surface area contributed by atoms with Gasteiger partial charge in [0.25, 0.3) is 0 Å². The molecule has 0 spiro atoms. The zero-order chi connectivity index (χ0) is 15.8. The first-order valence-corrected chi connectivity index (χ1v) is 7.37. The van der Waals surface area contributed by atoms with E-state index in [0.29, 0.717) is 30.5 Å². The predicted octanol–water partition coefficient (Wildman–Crippen LogP) is 2.70. The SMILES string of the molecule is CCOC(=O)c1ccc(N)c(N(CCOC)C(C)CC)c1. The quantitative estimate of drug-likeness (QED) is 0.590. The van der Waals surface area contributed by atoms with Crippen LogP contribution in [0.15, 0.2) is 18.2 Å². The largest absolute Gasteiger partial charge is 0.462 e. The summed E-state index contributed by atoms with van der Waals surface area (Å²) in [6.07, 6.45) is 0.979. The Hall–Kier alpha value is -1.75. The Morgan fingerprint density at radius 2 is 2.10 bits per heavy atom. The summed E-state index contributed by atoms with van der Waals surface area (Å²) in [4.78, 5) is 14.0. The van der Waals surface area contributed by atoms with E-state index < -0.39 is 0 Å². The summed E-state index contributed by atoms with van der Waals surface area (Å²) in [5, 5.41) is 0. The lowest BCUT2D eigenvalue weighted by molar-refractivity contribution is 0.0526. The summed E-state index contributed by atoms with van der Waals surface area (Å²) < 4.78 is 10.2. The number of anilines is 2. The van der Waals surface area contributed by atoms with Crippen molar-refractivity contribution in [3.05, 3.63) is 23.8 Å². The van der Waals surface area contributed by atoms with Gasteiger partial charge in [-0.15, -0.1) is 0 Å². The molecule has 2 N–H and O–H groups in total. The molecule has 0 saturated carbocycles. The van der Waals surface area contributed by atoms with E-state index in [-0.39, 0.29) is 5.97 Å². The van der Waals surface area contributed by atoms with Crippen LogP contribution in [0.1, 0.15) is 37.6 Å². The second-order valence-electron chi connectivity index (χ2n) is 4.94. The Morgan fingerprint density at radius 1 is 1.38 bits per heavy atom. The smallest absolute Gasteiger partial charge is 0.338 e. The molecule has 5 nitrogen and oxygen atoms in total. The van der Waals surface area contributed by atoms with Crippen LogP contribution >= 0.6 is 0 Å². The summed E-state index contributed by atoms with van der Waals surface area (Å²) in [5.74, 6) is -0.324. The van der Waals surface area contributed by atoms with E-state index in [1.165, 1.54) is 0 Å². The van der Waals surface area contributed by atoms with Crippen LogP contribution in [0.4, 0.5) is 11.4 Å². The molecular weight excluding hydrogens is 268 g/mol. The van der Waals surface area contributed by atoms with E-state index in [9.17, 15) is 4.79 Å². The number of nitrogens with two attached hydrogens (primary N) is 1. The fourth-order valence-electron chi connectivity index (χ4n) is 2.12. The molecule has 5 heteroatoms. The highest BCUT2D eigenvalue weighted by molar-refractivity contribution is 5.92. The number of benzene rings is 1. The van der Waals surface area contributed by atoms with Crippen molar-refractivity contribution in [3.8, 4) is 0 Å². The minimum Gasteiger partial charge on any atom is -0.462 e. The number of ether oxygens (including phenoxy) is 2. The molecule has 0 aliphatic heterocycles. The molecule has 21 heavy (non-hydrogen) atoms. The molecule has 0 bridgehead atoms. The summed E-state index contributed by atoms with van der Waals surface area (Å²) in [7, 11) is 1.67. The first kappa shape index (κ1) is 17.3. The number of nitrogen functional groups attached to an aromatic ring is 1. The predicted molar refractivity (Wildman–Crippen MR) is 85.8 cm³/mol. The van der Waals surface area contributed by atoms with Crippen LogP contribution in [0.3, 0.4) is 0 Å². The number of hydrogen-bond acceptors (Lipinski definition) is 5. The number of carbonyl (C=O) groups excluding carboxylic acids is 1. The van der Waals surface area contributed by atoms with Crippen LogP contribution in [-0.2, 0) is 9.47 Å². The molecule has 1 aromatic rings. The molecule has 0 aliphatic carbocycles. The van der Waals surface area contributed by atoms with Crippen molar-refractivity contribution >= 4 is 17.3 Å². The fourth-order valence-corrected chi connectivity index (χ4v) is 2.12. The fraction of sp³-hybridized carbons (Fsp3) is 0.562. The van der Waals surface area contributed by atoms with Gasteiger partial charge in [-0.25, -0.2) is 4.79 Å². The maximum absolute atomic E-state index is 11.9. The highest BCUT2D eigenvalue weighted by Gasteiger charge is 2.18. The second kappa shape index (κ2) is 8.52. The van der Waals surface area contributed by atoms with E-state index in [1.807, 2.05) is 0 Å². The third-order valence-corrected chi connectivity index (χ3v) is 3.51. The zero-order valence-electron chi connectivity index (χ0n) is 13.4. The molecule has 0 saturated heterocycles. The summed E-state index contributed by atoms with van der Waals surface area (Å²) >= 11 is 0. The van der Waals surface area contributed by atoms with Gasteiger partial charge in [-0.2, -0.15) is 0 Å². The third-order valence-electron chi connectivity index (χ3n) is 3.51. The number of methoxy groups -OCH3 is 1. The number of hydrogen-bond donors (Lipinski definition) is 1. The van der Waals surface area contributed by atoms with Crippen LogP contribution in [0.25, 0.3) is 0 Å².